The third kappa shape index (κ3) is 4.84. The molecule has 1 amide bonds. The quantitative estimate of drug-likeness (QED) is 0.800. The third-order valence-corrected chi connectivity index (χ3v) is 3.33. The van der Waals surface area contributed by atoms with E-state index in [9.17, 15) is 4.79 Å². The van der Waals surface area contributed by atoms with Crippen molar-refractivity contribution in [2.24, 2.45) is 5.73 Å². The first-order valence-corrected chi connectivity index (χ1v) is 7.33. The molecule has 0 aliphatic heterocycles. The number of thiocarbonyl (C=S) groups is 1. The number of carbonyl (C=O) groups is 1. The maximum atomic E-state index is 11.8. The zero-order chi connectivity index (χ0) is 15.2. The van der Waals surface area contributed by atoms with E-state index in [1.165, 1.54) is 0 Å². The highest BCUT2D eigenvalue weighted by molar-refractivity contribution is 9.10. The minimum atomic E-state index is -0.255. The standard InChI is InChI=1S/C15H13BrN2O2S/c16-11-4-2-6-13(8-11)20-9-14(19)18-12-5-1-3-10(7-12)15(17)21/h1-8H,9H2,(H2,17,21)(H,18,19). The smallest absolute Gasteiger partial charge is 0.262 e. The first-order valence-electron chi connectivity index (χ1n) is 6.12. The van der Waals surface area contributed by atoms with Gasteiger partial charge in [0.05, 0.1) is 0 Å². The fraction of sp³-hybridized carbons (Fsp3) is 0.0667. The highest BCUT2D eigenvalue weighted by Crippen LogP contribution is 2.17. The van der Waals surface area contributed by atoms with Crippen molar-refractivity contribution >= 4 is 44.7 Å². The zero-order valence-corrected chi connectivity index (χ0v) is 13.4. The Hall–Kier alpha value is -1.92. The summed E-state index contributed by atoms with van der Waals surface area (Å²) in [6, 6.07) is 14.3. The number of benzene rings is 2. The SMILES string of the molecule is NC(=S)c1cccc(NC(=O)COc2cccc(Br)c2)c1. The zero-order valence-electron chi connectivity index (χ0n) is 11.0. The van der Waals surface area contributed by atoms with E-state index in [2.05, 4.69) is 21.2 Å². The van der Waals surface area contributed by atoms with Crippen molar-refractivity contribution in [1.82, 2.24) is 0 Å². The van der Waals surface area contributed by atoms with E-state index in [0.29, 0.717) is 17.0 Å². The molecule has 6 heteroatoms. The second kappa shape index (κ2) is 7.19. The van der Waals surface area contributed by atoms with Crippen molar-refractivity contribution in [1.29, 1.82) is 0 Å². The highest BCUT2D eigenvalue weighted by atomic mass is 79.9. The van der Waals surface area contributed by atoms with Crippen molar-refractivity contribution in [3.63, 3.8) is 0 Å². The van der Waals surface area contributed by atoms with E-state index in [-0.39, 0.29) is 17.5 Å². The molecular formula is C15H13BrN2O2S. The summed E-state index contributed by atoms with van der Waals surface area (Å²) >= 11 is 8.24. The molecular weight excluding hydrogens is 352 g/mol. The fourth-order valence-electron chi connectivity index (χ4n) is 1.65. The van der Waals surface area contributed by atoms with Crippen LogP contribution in [0.3, 0.4) is 0 Å². The van der Waals surface area contributed by atoms with Crippen molar-refractivity contribution in [3.05, 3.63) is 58.6 Å². The van der Waals surface area contributed by atoms with E-state index in [1.54, 1.807) is 36.4 Å². The molecule has 0 aromatic heterocycles. The number of hydrogen-bond donors (Lipinski definition) is 2. The minimum Gasteiger partial charge on any atom is -0.484 e. The topological polar surface area (TPSA) is 64.3 Å². The third-order valence-electron chi connectivity index (χ3n) is 2.60. The summed E-state index contributed by atoms with van der Waals surface area (Å²) in [7, 11) is 0. The largest absolute Gasteiger partial charge is 0.484 e. The summed E-state index contributed by atoms with van der Waals surface area (Å²) in [5.41, 5.74) is 6.88. The number of anilines is 1. The molecule has 21 heavy (non-hydrogen) atoms. The second-order valence-electron chi connectivity index (χ2n) is 4.24. The summed E-state index contributed by atoms with van der Waals surface area (Å²) < 4.78 is 6.30. The average molecular weight is 365 g/mol. The normalized spacial score (nSPS) is 9.95. The van der Waals surface area contributed by atoms with Crippen LogP contribution in [0.5, 0.6) is 5.75 Å². The lowest BCUT2D eigenvalue weighted by Gasteiger charge is -2.08. The molecule has 2 aromatic rings. The van der Waals surface area contributed by atoms with Crippen molar-refractivity contribution < 1.29 is 9.53 Å². The molecule has 0 saturated heterocycles. The monoisotopic (exact) mass is 364 g/mol. The van der Waals surface area contributed by atoms with E-state index in [1.807, 2.05) is 12.1 Å². The van der Waals surface area contributed by atoms with Gasteiger partial charge in [0, 0.05) is 15.7 Å². The van der Waals surface area contributed by atoms with Gasteiger partial charge in [-0.3, -0.25) is 4.79 Å². The van der Waals surface area contributed by atoms with E-state index >= 15 is 0 Å². The van der Waals surface area contributed by atoms with E-state index in [4.69, 9.17) is 22.7 Å². The molecule has 0 aliphatic rings. The molecule has 0 unspecified atom stereocenters. The number of halogens is 1. The highest BCUT2D eigenvalue weighted by Gasteiger charge is 2.05. The first kappa shape index (κ1) is 15.5. The summed E-state index contributed by atoms with van der Waals surface area (Å²) in [4.78, 5) is 12.1. The van der Waals surface area contributed by atoms with Crippen LogP contribution in [-0.4, -0.2) is 17.5 Å². The number of nitrogens with two attached hydrogens (primary N) is 1. The van der Waals surface area contributed by atoms with Crippen LogP contribution in [0.4, 0.5) is 5.69 Å². The molecule has 0 saturated carbocycles. The number of rotatable bonds is 5. The molecule has 0 atom stereocenters. The van der Waals surface area contributed by atoms with Gasteiger partial charge in [-0.15, -0.1) is 0 Å². The maximum absolute atomic E-state index is 11.8. The summed E-state index contributed by atoms with van der Waals surface area (Å²) in [6.07, 6.45) is 0. The van der Waals surface area contributed by atoms with Crippen LogP contribution < -0.4 is 15.8 Å². The van der Waals surface area contributed by atoms with Crippen LogP contribution in [0, 0.1) is 0 Å². The number of carbonyl (C=O) groups excluding carboxylic acids is 1. The first-order chi connectivity index (χ1) is 10.0. The van der Waals surface area contributed by atoms with Gasteiger partial charge in [-0.1, -0.05) is 46.3 Å². The van der Waals surface area contributed by atoms with Crippen molar-refractivity contribution in [2.75, 3.05) is 11.9 Å². The Labute approximate surface area is 136 Å². The van der Waals surface area contributed by atoms with Crippen LogP contribution >= 0.6 is 28.1 Å². The van der Waals surface area contributed by atoms with Gasteiger partial charge in [0.1, 0.15) is 10.7 Å². The molecule has 0 spiro atoms. The van der Waals surface area contributed by atoms with Gasteiger partial charge >= 0.3 is 0 Å². The lowest BCUT2D eigenvalue weighted by atomic mass is 10.2. The Morgan fingerprint density at radius 2 is 2.00 bits per heavy atom. The average Bonchev–Trinajstić information content (AvgIpc) is 2.45. The van der Waals surface area contributed by atoms with Crippen LogP contribution in [0.15, 0.2) is 53.0 Å². The van der Waals surface area contributed by atoms with E-state index < -0.39 is 0 Å². The van der Waals surface area contributed by atoms with Crippen LogP contribution in [0.1, 0.15) is 5.56 Å². The summed E-state index contributed by atoms with van der Waals surface area (Å²) in [5, 5.41) is 2.73. The van der Waals surface area contributed by atoms with Gasteiger partial charge in [-0.25, -0.2) is 0 Å². The van der Waals surface area contributed by atoms with Crippen molar-refractivity contribution in [2.45, 2.75) is 0 Å². The number of amides is 1. The molecule has 0 radical (unpaired) electrons. The summed E-state index contributed by atoms with van der Waals surface area (Å²) in [6.45, 7) is -0.0756. The van der Waals surface area contributed by atoms with Gasteiger partial charge < -0.3 is 15.8 Å². The van der Waals surface area contributed by atoms with Gasteiger partial charge in [0.2, 0.25) is 0 Å². The molecule has 108 valence electrons. The van der Waals surface area contributed by atoms with Gasteiger partial charge in [-0.2, -0.15) is 0 Å². The van der Waals surface area contributed by atoms with Crippen LogP contribution in [0.25, 0.3) is 0 Å². The van der Waals surface area contributed by atoms with Gasteiger partial charge in [0.15, 0.2) is 6.61 Å². The predicted octanol–water partition coefficient (Wildman–Crippen LogP) is 3.10. The van der Waals surface area contributed by atoms with Crippen LogP contribution in [0.2, 0.25) is 0 Å². The van der Waals surface area contributed by atoms with E-state index in [0.717, 1.165) is 4.47 Å². The molecule has 4 nitrogen and oxygen atoms in total. The Morgan fingerprint density at radius 1 is 1.24 bits per heavy atom. The molecule has 0 heterocycles. The van der Waals surface area contributed by atoms with Gasteiger partial charge in [0.25, 0.3) is 5.91 Å². The molecule has 3 N–H and O–H groups in total. The van der Waals surface area contributed by atoms with Crippen LogP contribution in [-0.2, 0) is 4.79 Å². The number of ether oxygens (including phenoxy) is 1. The maximum Gasteiger partial charge on any atom is 0.262 e. The Kier molecular flexibility index (Phi) is 5.30. The minimum absolute atomic E-state index is 0.0756. The predicted molar refractivity (Wildman–Crippen MR) is 90.6 cm³/mol. The summed E-state index contributed by atoms with van der Waals surface area (Å²) in [5.74, 6) is 0.367. The molecule has 2 rings (SSSR count). The fourth-order valence-corrected chi connectivity index (χ4v) is 2.16. The second-order valence-corrected chi connectivity index (χ2v) is 5.59. The Balaban J connectivity index is 1.93. The lowest BCUT2D eigenvalue weighted by molar-refractivity contribution is -0.118. The Morgan fingerprint density at radius 3 is 2.71 bits per heavy atom. The molecule has 2 aromatic carbocycles. The number of nitrogens with one attached hydrogen (secondary N) is 1. The molecule has 0 fully saturated rings. The van der Waals surface area contributed by atoms with Gasteiger partial charge in [-0.05, 0) is 30.3 Å². The molecule has 0 bridgehead atoms. The molecule has 0 aliphatic carbocycles. The van der Waals surface area contributed by atoms with Crippen molar-refractivity contribution in [3.8, 4) is 5.75 Å². The lowest BCUT2D eigenvalue weighted by Crippen LogP contribution is -2.20. The Bertz CT molecular complexity index is 676. The number of hydrogen-bond acceptors (Lipinski definition) is 3.